The number of benzene rings is 1. The van der Waals surface area contributed by atoms with Crippen LogP contribution < -0.4 is 4.74 Å². The molecule has 0 saturated carbocycles. The second kappa shape index (κ2) is 6.75. The molecule has 1 unspecified atom stereocenters. The molecule has 1 atom stereocenters. The third-order valence-electron chi connectivity index (χ3n) is 4.24. The van der Waals surface area contributed by atoms with Crippen LogP contribution >= 0.6 is 0 Å². The highest BCUT2D eigenvalue weighted by molar-refractivity contribution is 5.72. The van der Waals surface area contributed by atoms with Gasteiger partial charge in [0.15, 0.2) is 0 Å². The quantitative estimate of drug-likeness (QED) is 0.898. The molecule has 0 spiro atoms. The SMILES string of the molecule is COc1ccc(CC2CCN(C(C)C(=O)O)CC2)cc1. The molecule has 4 heteroatoms. The van der Waals surface area contributed by atoms with Crippen molar-refractivity contribution in [2.24, 2.45) is 5.92 Å². The average Bonchev–Trinajstić information content (AvgIpc) is 2.48. The van der Waals surface area contributed by atoms with E-state index in [4.69, 9.17) is 9.84 Å². The number of rotatable bonds is 5. The van der Waals surface area contributed by atoms with Gasteiger partial charge in [-0.25, -0.2) is 0 Å². The number of piperidine rings is 1. The summed E-state index contributed by atoms with van der Waals surface area (Å²) < 4.78 is 5.16. The second-order valence-electron chi connectivity index (χ2n) is 5.55. The normalized spacial score (nSPS) is 18.7. The Morgan fingerprint density at radius 2 is 1.95 bits per heavy atom. The van der Waals surface area contributed by atoms with E-state index in [0.29, 0.717) is 5.92 Å². The zero-order valence-corrected chi connectivity index (χ0v) is 12.2. The number of likely N-dealkylation sites (tertiary alicyclic amines) is 1. The first-order valence-corrected chi connectivity index (χ1v) is 7.20. The van der Waals surface area contributed by atoms with E-state index in [1.54, 1.807) is 14.0 Å². The fraction of sp³-hybridized carbons (Fsp3) is 0.562. The fourth-order valence-electron chi connectivity index (χ4n) is 2.80. The van der Waals surface area contributed by atoms with Crippen LogP contribution in [0.2, 0.25) is 0 Å². The van der Waals surface area contributed by atoms with E-state index in [2.05, 4.69) is 17.0 Å². The number of hydrogen-bond donors (Lipinski definition) is 1. The predicted octanol–water partition coefficient (Wildman–Crippen LogP) is 2.42. The van der Waals surface area contributed by atoms with Gasteiger partial charge in [-0.05, 0) is 62.9 Å². The molecule has 1 aromatic rings. The van der Waals surface area contributed by atoms with Crippen molar-refractivity contribution in [2.45, 2.75) is 32.2 Å². The Balaban J connectivity index is 1.83. The zero-order chi connectivity index (χ0) is 14.5. The lowest BCUT2D eigenvalue weighted by molar-refractivity contribution is -0.143. The first-order chi connectivity index (χ1) is 9.60. The minimum absolute atomic E-state index is 0.364. The van der Waals surface area contributed by atoms with Gasteiger partial charge in [0.1, 0.15) is 11.8 Å². The predicted molar refractivity (Wildman–Crippen MR) is 78.1 cm³/mol. The van der Waals surface area contributed by atoms with E-state index in [9.17, 15) is 4.79 Å². The van der Waals surface area contributed by atoms with Gasteiger partial charge < -0.3 is 9.84 Å². The molecule has 20 heavy (non-hydrogen) atoms. The van der Waals surface area contributed by atoms with Crippen molar-refractivity contribution in [1.29, 1.82) is 0 Å². The molecule has 1 aliphatic rings. The minimum Gasteiger partial charge on any atom is -0.497 e. The van der Waals surface area contributed by atoms with Gasteiger partial charge in [0, 0.05) is 0 Å². The maximum absolute atomic E-state index is 11.0. The monoisotopic (exact) mass is 277 g/mol. The molecular weight excluding hydrogens is 254 g/mol. The summed E-state index contributed by atoms with van der Waals surface area (Å²) in [5.41, 5.74) is 1.33. The molecule has 0 amide bonds. The van der Waals surface area contributed by atoms with Crippen LogP contribution in [-0.2, 0) is 11.2 Å². The van der Waals surface area contributed by atoms with Crippen molar-refractivity contribution >= 4 is 5.97 Å². The Hall–Kier alpha value is -1.55. The highest BCUT2D eigenvalue weighted by Gasteiger charge is 2.26. The maximum atomic E-state index is 11.0. The summed E-state index contributed by atoms with van der Waals surface area (Å²) in [7, 11) is 1.67. The van der Waals surface area contributed by atoms with E-state index in [-0.39, 0.29) is 6.04 Å². The Kier molecular flexibility index (Phi) is 5.01. The summed E-state index contributed by atoms with van der Waals surface area (Å²) in [4.78, 5) is 13.0. The number of carbonyl (C=O) groups is 1. The topological polar surface area (TPSA) is 49.8 Å². The first-order valence-electron chi connectivity index (χ1n) is 7.20. The Morgan fingerprint density at radius 1 is 1.35 bits per heavy atom. The molecule has 110 valence electrons. The van der Waals surface area contributed by atoms with Gasteiger partial charge in [0.2, 0.25) is 0 Å². The lowest BCUT2D eigenvalue weighted by Gasteiger charge is -2.34. The number of hydrogen-bond acceptors (Lipinski definition) is 3. The minimum atomic E-state index is -0.724. The maximum Gasteiger partial charge on any atom is 0.320 e. The van der Waals surface area contributed by atoms with Gasteiger partial charge in [-0.2, -0.15) is 0 Å². The van der Waals surface area contributed by atoms with Crippen molar-refractivity contribution in [3.05, 3.63) is 29.8 Å². The summed E-state index contributed by atoms with van der Waals surface area (Å²) in [6.45, 7) is 3.54. The number of carboxylic acid groups (broad SMARTS) is 1. The molecule has 0 bridgehead atoms. The number of aliphatic carboxylic acids is 1. The second-order valence-corrected chi connectivity index (χ2v) is 5.55. The average molecular weight is 277 g/mol. The summed E-state index contributed by atoms with van der Waals surface area (Å²) in [6, 6.07) is 7.86. The van der Waals surface area contributed by atoms with Gasteiger partial charge in [-0.15, -0.1) is 0 Å². The molecule has 1 N–H and O–H groups in total. The highest BCUT2D eigenvalue weighted by Crippen LogP contribution is 2.23. The van der Waals surface area contributed by atoms with Gasteiger partial charge in [-0.1, -0.05) is 12.1 Å². The van der Waals surface area contributed by atoms with Crippen molar-refractivity contribution in [3.63, 3.8) is 0 Å². The lowest BCUT2D eigenvalue weighted by atomic mass is 9.89. The van der Waals surface area contributed by atoms with Crippen molar-refractivity contribution in [2.75, 3.05) is 20.2 Å². The van der Waals surface area contributed by atoms with Crippen LogP contribution in [0.1, 0.15) is 25.3 Å². The molecule has 0 aromatic heterocycles. The number of ether oxygens (including phenoxy) is 1. The van der Waals surface area contributed by atoms with Crippen LogP contribution in [0.15, 0.2) is 24.3 Å². The number of nitrogens with zero attached hydrogens (tertiary/aromatic N) is 1. The van der Waals surface area contributed by atoms with E-state index >= 15 is 0 Å². The van der Waals surface area contributed by atoms with Crippen LogP contribution in [0.4, 0.5) is 0 Å². The van der Waals surface area contributed by atoms with E-state index in [1.165, 1.54) is 5.56 Å². The van der Waals surface area contributed by atoms with Crippen LogP contribution in [-0.4, -0.2) is 42.2 Å². The highest BCUT2D eigenvalue weighted by atomic mass is 16.5. The molecule has 0 radical (unpaired) electrons. The molecule has 1 saturated heterocycles. The zero-order valence-electron chi connectivity index (χ0n) is 12.2. The fourth-order valence-corrected chi connectivity index (χ4v) is 2.80. The third-order valence-corrected chi connectivity index (χ3v) is 4.24. The third kappa shape index (κ3) is 3.73. The van der Waals surface area contributed by atoms with E-state index in [0.717, 1.165) is 38.1 Å². The molecule has 1 fully saturated rings. The summed E-state index contributed by atoms with van der Waals surface area (Å²) in [5.74, 6) is 0.818. The van der Waals surface area contributed by atoms with Crippen LogP contribution in [0.5, 0.6) is 5.75 Å². The Morgan fingerprint density at radius 3 is 2.45 bits per heavy atom. The molecule has 1 heterocycles. The van der Waals surface area contributed by atoms with E-state index < -0.39 is 5.97 Å². The molecular formula is C16H23NO3. The van der Waals surface area contributed by atoms with Crippen molar-refractivity contribution in [1.82, 2.24) is 4.90 Å². The van der Waals surface area contributed by atoms with Crippen molar-refractivity contribution in [3.8, 4) is 5.75 Å². The van der Waals surface area contributed by atoms with E-state index in [1.807, 2.05) is 12.1 Å². The number of carboxylic acids is 1. The summed E-state index contributed by atoms with van der Waals surface area (Å²) >= 11 is 0. The number of methoxy groups -OCH3 is 1. The first kappa shape index (κ1) is 14.9. The van der Waals surface area contributed by atoms with Crippen LogP contribution in [0.3, 0.4) is 0 Å². The lowest BCUT2D eigenvalue weighted by Crippen LogP contribution is -2.44. The molecule has 2 rings (SSSR count). The van der Waals surface area contributed by atoms with Gasteiger partial charge in [0.05, 0.1) is 7.11 Å². The van der Waals surface area contributed by atoms with Gasteiger partial charge in [0.25, 0.3) is 0 Å². The van der Waals surface area contributed by atoms with Crippen molar-refractivity contribution < 1.29 is 14.6 Å². The molecule has 1 aromatic carbocycles. The summed E-state index contributed by atoms with van der Waals surface area (Å²) in [6.07, 6.45) is 3.21. The van der Waals surface area contributed by atoms with Gasteiger partial charge >= 0.3 is 5.97 Å². The Labute approximate surface area is 120 Å². The molecule has 1 aliphatic heterocycles. The smallest absolute Gasteiger partial charge is 0.320 e. The summed E-state index contributed by atoms with van der Waals surface area (Å²) in [5, 5.41) is 9.03. The molecule has 0 aliphatic carbocycles. The standard InChI is InChI=1S/C16H23NO3/c1-12(16(18)19)17-9-7-14(8-10-17)11-13-3-5-15(20-2)6-4-13/h3-6,12,14H,7-11H2,1-2H3,(H,18,19). The Bertz CT molecular complexity index is 436. The van der Waals surface area contributed by atoms with Crippen LogP contribution in [0.25, 0.3) is 0 Å². The van der Waals surface area contributed by atoms with Gasteiger partial charge in [-0.3, -0.25) is 9.69 Å². The molecule has 4 nitrogen and oxygen atoms in total. The largest absolute Gasteiger partial charge is 0.497 e. The van der Waals surface area contributed by atoms with Crippen LogP contribution in [0, 0.1) is 5.92 Å².